The highest BCUT2D eigenvalue weighted by Crippen LogP contribution is 2.15. The third kappa shape index (κ3) is 3.11. The SMILES string of the molecule is CC(C)/C(C=O)=C\c1ccc(Br)cc1. The molecule has 0 atom stereocenters. The lowest BCUT2D eigenvalue weighted by atomic mass is 10.0. The zero-order chi connectivity index (χ0) is 10.6. The molecular formula is C12H13BrO. The van der Waals surface area contributed by atoms with E-state index in [0.717, 1.165) is 21.9 Å². The van der Waals surface area contributed by atoms with Crippen LogP contribution in [0.1, 0.15) is 19.4 Å². The molecule has 14 heavy (non-hydrogen) atoms. The van der Waals surface area contributed by atoms with Crippen molar-refractivity contribution in [2.45, 2.75) is 13.8 Å². The molecule has 0 saturated heterocycles. The van der Waals surface area contributed by atoms with Crippen molar-refractivity contribution >= 4 is 28.3 Å². The smallest absolute Gasteiger partial charge is 0.146 e. The molecule has 74 valence electrons. The minimum absolute atomic E-state index is 0.274. The molecule has 0 N–H and O–H groups in total. The standard InChI is InChI=1S/C12H13BrO/c1-9(2)11(8-14)7-10-3-5-12(13)6-4-10/h3-9H,1-2H3/b11-7-. The van der Waals surface area contributed by atoms with Crippen LogP contribution in [0.3, 0.4) is 0 Å². The lowest BCUT2D eigenvalue weighted by Crippen LogP contribution is -1.94. The Morgan fingerprint density at radius 3 is 2.29 bits per heavy atom. The predicted octanol–water partition coefficient (Wildman–Crippen LogP) is 3.69. The first-order valence-corrected chi connectivity index (χ1v) is 5.35. The third-order valence-electron chi connectivity index (χ3n) is 2.01. The average molecular weight is 253 g/mol. The van der Waals surface area contributed by atoms with Crippen LogP contribution in [0.4, 0.5) is 0 Å². The molecule has 0 bridgehead atoms. The largest absolute Gasteiger partial charge is 0.298 e. The van der Waals surface area contributed by atoms with Crippen LogP contribution in [0.5, 0.6) is 0 Å². The Hall–Kier alpha value is -0.890. The summed E-state index contributed by atoms with van der Waals surface area (Å²) in [5, 5.41) is 0. The van der Waals surface area contributed by atoms with Gasteiger partial charge in [-0.2, -0.15) is 0 Å². The maximum atomic E-state index is 10.7. The Balaban J connectivity index is 2.95. The van der Waals surface area contributed by atoms with Gasteiger partial charge in [0.05, 0.1) is 0 Å². The van der Waals surface area contributed by atoms with E-state index in [0.29, 0.717) is 0 Å². The summed E-state index contributed by atoms with van der Waals surface area (Å²) < 4.78 is 1.05. The number of carbonyl (C=O) groups is 1. The van der Waals surface area contributed by atoms with Crippen molar-refractivity contribution in [2.24, 2.45) is 5.92 Å². The zero-order valence-electron chi connectivity index (χ0n) is 8.33. The Labute approximate surface area is 93.0 Å². The van der Waals surface area contributed by atoms with Crippen LogP contribution in [-0.2, 0) is 4.79 Å². The molecule has 2 heteroatoms. The fourth-order valence-electron chi connectivity index (χ4n) is 1.09. The van der Waals surface area contributed by atoms with E-state index in [4.69, 9.17) is 0 Å². The predicted molar refractivity (Wildman–Crippen MR) is 63.0 cm³/mol. The molecule has 0 unspecified atom stereocenters. The van der Waals surface area contributed by atoms with E-state index in [2.05, 4.69) is 15.9 Å². The summed E-state index contributed by atoms with van der Waals surface area (Å²) in [7, 11) is 0. The Kier molecular flexibility index (Phi) is 4.08. The van der Waals surface area contributed by atoms with Gasteiger partial charge in [0, 0.05) is 4.47 Å². The van der Waals surface area contributed by atoms with E-state index in [1.165, 1.54) is 0 Å². The van der Waals surface area contributed by atoms with Gasteiger partial charge in [-0.15, -0.1) is 0 Å². The Morgan fingerprint density at radius 2 is 1.86 bits per heavy atom. The highest BCUT2D eigenvalue weighted by Gasteiger charge is 2.01. The number of allylic oxidation sites excluding steroid dienone is 1. The molecule has 0 aliphatic rings. The fraction of sp³-hybridized carbons (Fsp3) is 0.250. The summed E-state index contributed by atoms with van der Waals surface area (Å²) >= 11 is 3.37. The first kappa shape index (κ1) is 11.2. The molecular weight excluding hydrogens is 240 g/mol. The number of benzene rings is 1. The van der Waals surface area contributed by atoms with Gasteiger partial charge in [-0.25, -0.2) is 0 Å². The van der Waals surface area contributed by atoms with Crippen molar-refractivity contribution < 1.29 is 4.79 Å². The molecule has 0 spiro atoms. The van der Waals surface area contributed by atoms with Crippen LogP contribution in [0, 0.1) is 5.92 Å². The molecule has 0 radical (unpaired) electrons. The molecule has 0 aromatic heterocycles. The number of aldehydes is 1. The van der Waals surface area contributed by atoms with Crippen molar-refractivity contribution in [3.8, 4) is 0 Å². The van der Waals surface area contributed by atoms with Crippen LogP contribution in [0.25, 0.3) is 6.08 Å². The van der Waals surface area contributed by atoms with Crippen molar-refractivity contribution in [3.05, 3.63) is 39.9 Å². The molecule has 1 aromatic rings. The van der Waals surface area contributed by atoms with Crippen LogP contribution in [-0.4, -0.2) is 6.29 Å². The van der Waals surface area contributed by atoms with E-state index in [-0.39, 0.29) is 5.92 Å². The van der Waals surface area contributed by atoms with Crippen molar-refractivity contribution in [1.29, 1.82) is 0 Å². The minimum Gasteiger partial charge on any atom is -0.298 e. The second-order valence-corrected chi connectivity index (χ2v) is 4.38. The second kappa shape index (κ2) is 5.11. The van der Waals surface area contributed by atoms with Gasteiger partial charge in [0.25, 0.3) is 0 Å². The summed E-state index contributed by atoms with van der Waals surface area (Å²) in [5.41, 5.74) is 1.89. The van der Waals surface area contributed by atoms with Gasteiger partial charge in [0.15, 0.2) is 0 Å². The number of hydrogen-bond donors (Lipinski definition) is 0. The van der Waals surface area contributed by atoms with Crippen LogP contribution in [0.15, 0.2) is 34.3 Å². The highest BCUT2D eigenvalue weighted by atomic mass is 79.9. The minimum atomic E-state index is 0.274. The van der Waals surface area contributed by atoms with Gasteiger partial charge < -0.3 is 0 Å². The van der Waals surface area contributed by atoms with Gasteiger partial charge in [0.1, 0.15) is 6.29 Å². The second-order valence-electron chi connectivity index (χ2n) is 3.47. The quantitative estimate of drug-likeness (QED) is 0.593. The van der Waals surface area contributed by atoms with Crippen LogP contribution >= 0.6 is 15.9 Å². The highest BCUT2D eigenvalue weighted by molar-refractivity contribution is 9.10. The number of carbonyl (C=O) groups excluding carboxylic acids is 1. The van der Waals surface area contributed by atoms with E-state index >= 15 is 0 Å². The van der Waals surface area contributed by atoms with E-state index in [1.807, 2.05) is 44.2 Å². The van der Waals surface area contributed by atoms with E-state index < -0.39 is 0 Å². The van der Waals surface area contributed by atoms with Crippen molar-refractivity contribution in [2.75, 3.05) is 0 Å². The summed E-state index contributed by atoms with van der Waals surface area (Å²) in [6, 6.07) is 7.90. The molecule has 0 aliphatic heterocycles. The lowest BCUT2D eigenvalue weighted by molar-refractivity contribution is -0.105. The van der Waals surface area contributed by atoms with Gasteiger partial charge in [-0.1, -0.05) is 41.9 Å². The summed E-state index contributed by atoms with van der Waals surface area (Å²) in [5.74, 6) is 0.274. The van der Waals surface area contributed by atoms with Crippen LogP contribution in [0.2, 0.25) is 0 Å². The Bertz CT molecular complexity index is 336. The third-order valence-corrected chi connectivity index (χ3v) is 2.53. The van der Waals surface area contributed by atoms with Gasteiger partial charge in [-0.3, -0.25) is 4.79 Å². The number of halogens is 1. The van der Waals surface area contributed by atoms with Crippen molar-refractivity contribution in [3.63, 3.8) is 0 Å². The summed E-state index contributed by atoms with van der Waals surface area (Å²) in [4.78, 5) is 10.7. The molecule has 0 amide bonds. The maximum Gasteiger partial charge on any atom is 0.146 e. The topological polar surface area (TPSA) is 17.1 Å². The molecule has 0 fully saturated rings. The van der Waals surface area contributed by atoms with Gasteiger partial charge in [-0.05, 0) is 35.3 Å². The monoisotopic (exact) mass is 252 g/mol. The normalized spacial score (nSPS) is 11.9. The van der Waals surface area contributed by atoms with E-state index in [9.17, 15) is 4.79 Å². The number of hydrogen-bond acceptors (Lipinski definition) is 1. The number of rotatable bonds is 3. The van der Waals surface area contributed by atoms with Crippen molar-refractivity contribution in [1.82, 2.24) is 0 Å². The molecule has 1 nitrogen and oxygen atoms in total. The Morgan fingerprint density at radius 1 is 1.29 bits per heavy atom. The van der Waals surface area contributed by atoms with Gasteiger partial charge >= 0.3 is 0 Å². The van der Waals surface area contributed by atoms with Gasteiger partial charge in [0.2, 0.25) is 0 Å². The summed E-state index contributed by atoms with van der Waals surface area (Å²) in [6.07, 6.45) is 2.84. The fourth-order valence-corrected chi connectivity index (χ4v) is 1.35. The molecule has 0 heterocycles. The van der Waals surface area contributed by atoms with E-state index in [1.54, 1.807) is 0 Å². The molecule has 0 saturated carbocycles. The average Bonchev–Trinajstić information content (AvgIpc) is 2.16. The maximum absolute atomic E-state index is 10.7. The molecule has 1 rings (SSSR count). The molecule has 1 aromatic carbocycles. The first-order valence-electron chi connectivity index (χ1n) is 4.56. The zero-order valence-corrected chi connectivity index (χ0v) is 9.91. The molecule has 0 aliphatic carbocycles. The van der Waals surface area contributed by atoms with Crippen LogP contribution < -0.4 is 0 Å². The first-order chi connectivity index (χ1) is 6.63. The summed E-state index contributed by atoms with van der Waals surface area (Å²) in [6.45, 7) is 4.03. The lowest BCUT2D eigenvalue weighted by Gasteiger charge is -2.03.